The number of aromatic nitrogens is 2. The van der Waals surface area contributed by atoms with E-state index in [2.05, 4.69) is 65.7 Å². The lowest BCUT2D eigenvalue weighted by atomic mass is 10.3. The Labute approximate surface area is 110 Å². The number of imidazole rings is 1. The molecule has 0 bridgehead atoms. The molecule has 0 aliphatic rings. The summed E-state index contributed by atoms with van der Waals surface area (Å²) in [7, 11) is -1.22. The van der Waals surface area contributed by atoms with Crippen molar-refractivity contribution in [1.29, 1.82) is 0 Å². The average molecular weight is 256 g/mol. The van der Waals surface area contributed by atoms with Gasteiger partial charge in [0.25, 0.3) is 0 Å². The fourth-order valence-corrected chi connectivity index (χ4v) is 2.50. The maximum atomic E-state index is 4.65. The van der Waals surface area contributed by atoms with Crippen LogP contribution in [0, 0.1) is 18.4 Å². The fraction of sp³-hybridized carbons (Fsp3) is 0.400. The van der Waals surface area contributed by atoms with Gasteiger partial charge >= 0.3 is 0 Å². The van der Waals surface area contributed by atoms with Gasteiger partial charge in [-0.1, -0.05) is 25.7 Å². The minimum Gasteiger partial charge on any atom is -0.307 e. The zero-order valence-corrected chi connectivity index (χ0v) is 12.6. The van der Waals surface area contributed by atoms with Gasteiger partial charge in [-0.05, 0) is 18.6 Å². The smallest absolute Gasteiger partial charge is 0.139 e. The van der Waals surface area contributed by atoms with Gasteiger partial charge in [-0.15, -0.1) is 11.5 Å². The normalized spacial score (nSPS) is 11.3. The molecule has 0 N–H and O–H groups in total. The molecule has 0 unspecified atom stereocenters. The minimum absolute atomic E-state index is 0.910. The third-order valence-corrected chi connectivity index (χ3v) is 3.62. The second-order valence-electron chi connectivity index (χ2n) is 5.71. The van der Waals surface area contributed by atoms with Crippen LogP contribution in [0.1, 0.15) is 17.7 Å². The van der Waals surface area contributed by atoms with Gasteiger partial charge in [-0.3, -0.25) is 0 Å². The lowest BCUT2D eigenvalue weighted by molar-refractivity contribution is 0.982. The highest BCUT2D eigenvalue weighted by Crippen LogP contribution is 2.11. The Hall–Kier alpha value is -1.53. The van der Waals surface area contributed by atoms with Crippen LogP contribution in [0.25, 0.3) is 5.65 Å². The molecule has 18 heavy (non-hydrogen) atoms. The Morgan fingerprint density at radius 3 is 2.78 bits per heavy atom. The van der Waals surface area contributed by atoms with Crippen LogP contribution < -0.4 is 0 Å². The molecule has 0 aromatic carbocycles. The van der Waals surface area contributed by atoms with E-state index >= 15 is 0 Å². The van der Waals surface area contributed by atoms with E-state index in [1.807, 2.05) is 6.20 Å². The van der Waals surface area contributed by atoms with Crippen molar-refractivity contribution in [3.05, 3.63) is 35.8 Å². The van der Waals surface area contributed by atoms with Crippen molar-refractivity contribution in [2.45, 2.75) is 39.4 Å². The predicted octanol–water partition coefficient (Wildman–Crippen LogP) is 3.46. The van der Waals surface area contributed by atoms with Crippen molar-refractivity contribution in [2.75, 3.05) is 0 Å². The van der Waals surface area contributed by atoms with Gasteiger partial charge in [-0.2, -0.15) is 0 Å². The van der Waals surface area contributed by atoms with Crippen LogP contribution in [0.4, 0.5) is 0 Å². The average Bonchev–Trinajstić information content (AvgIpc) is 2.68. The number of nitrogens with zero attached hydrogens (tertiary/aromatic N) is 2. The standard InChI is InChI=1S/C15H20N2Si/c1-13-8-7-10-17-12-14(16-15(13)17)9-5-6-11-18(2,3)4/h7-8,10,12H,5,9H2,1-4H3. The molecule has 2 aromatic rings. The summed E-state index contributed by atoms with van der Waals surface area (Å²) in [5.74, 6) is 3.30. The Bertz CT molecular complexity index is 609. The molecule has 0 amide bonds. The van der Waals surface area contributed by atoms with Crippen LogP contribution in [0.15, 0.2) is 24.5 Å². The van der Waals surface area contributed by atoms with Gasteiger partial charge in [0.1, 0.15) is 13.7 Å². The predicted molar refractivity (Wildman–Crippen MR) is 79.4 cm³/mol. The van der Waals surface area contributed by atoms with Gasteiger partial charge in [-0.25, -0.2) is 4.98 Å². The summed E-state index contributed by atoms with van der Waals surface area (Å²) in [4.78, 5) is 4.65. The molecule has 0 spiro atoms. The third kappa shape index (κ3) is 3.24. The van der Waals surface area contributed by atoms with E-state index in [1.165, 1.54) is 5.56 Å². The quantitative estimate of drug-likeness (QED) is 0.594. The van der Waals surface area contributed by atoms with E-state index in [1.54, 1.807) is 0 Å². The lowest BCUT2D eigenvalue weighted by Gasteiger charge is -2.02. The molecule has 2 heterocycles. The van der Waals surface area contributed by atoms with Crippen LogP contribution in [0.2, 0.25) is 19.6 Å². The van der Waals surface area contributed by atoms with Crippen LogP contribution in [0.5, 0.6) is 0 Å². The Morgan fingerprint density at radius 1 is 1.33 bits per heavy atom. The van der Waals surface area contributed by atoms with Crippen molar-refractivity contribution in [1.82, 2.24) is 9.38 Å². The topological polar surface area (TPSA) is 17.3 Å². The molecule has 94 valence electrons. The lowest BCUT2D eigenvalue weighted by Crippen LogP contribution is -2.16. The van der Waals surface area contributed by atoms with Gasteiger partial charge in [0.15, 0.2) is 0 Å². The molecule has 0 saturated heterocycles. The molecule has 2 rings (SSSR count). The highest BCUT2D eigenvalue weighted by molar-refractivity contribution is 6.83. The summed E-state index contributed by atoms with van der Waals surface area (Å²) in [6, 6.07) is 4.15. The molecule has 0 fully saturated rings. The summed E-state index contributed by atoms with van der Waals surface area (Å²) in [5.41, 5.74) is 6.81. The molecule has 2 aromatic heterocycles. The first-order valence-corrected chi connectivity index (χ1v) is 9.89. The highest BCUT2D eigenvalue weighted by Gasteiger charge is 2.07. The first-order valence-electron chi connectivity index (χ1n) is 6.39. The molecule has 0 radical (unpaired) electrons. The van der Waals surface area contributed by atoms with Gasteiger partial charge in [0, 0.05) is 25.2 Å². The maximum Gasteiger partial charge on any atom is 0.139 e. The zero-order chi connectivity index (χ0) is 13.2. The van der Waals surface area contributed by atoms with E-state index in [0.717, 1.165) is 24.2 Å². The van der Waals surface area contributed by atoms with Crippen LogP contribution in [-0.4, -0.2) is 17.5 Å². The Morgan fingerprint density at radius 2 is 2.11 bits per heavy atom. The molecule has 0 aliphatic heterocycles. The number of fused-ring (bicyclic) bond motifs is 1. The minimum atomic E-state index is -1.22. The van der Waals surface area contributed by atoms with Crippen molar-refractivity contribution < 1.29 is 0 Å². The van der Waals surface area contributed by atoms with E-state index < -0.39 is 8.07 Å². The van der Waals surface area contributed by atoms with Crippen LogP contribution in [-0.2, 0) is 6.42 Å². The molecule has 0 aliphatic carbocycles. The van der Waals surface area contributed by atoms with Gasteiger partial charge < -0.3 is 4.40 Å². The fourth-order valence-electron chi connectivity index (χ4n) is 1.84. The van der Waals surface area contributed by atoms with Gasteiger partial charge in [0.05, 0.1) is 5.69 Å². The number of pyridine rings is 1. The molecule has 3 heteroatoms. The Kier molecular flexibility index (Phi) is 3.58. The maximum absolute atomic E-state index is 4.65. The Balaban J connectivity index is 2.08. The highest BCUT2D eigenvalue weighted by atomic mass is 28.3. The second-order valence-corrected chi connectivity index (χ2v) is 10.5. The van der Waals surface area contributed by atoms with Crippen molar-refractivity contribution >= 4 is 13.7 Å². The molecule has 2 nitrogen and oxygen atoms in total. The van der Waals surface area contributed by atoms with Crippen molar-refractivity contribution in [2.24, 2.45) is 0 Å². The number of hydrogen-bond donors (Lipinski definition) is 0. The molecule has 0 saturated carbocycles. The third-order valence-electron chi connectivity index (χ3n) is 2.70. The number of rotatable bonds is 2. The van der Waals surface area contributed by atoms with E-state index in [0.29, 0.717) is 0 Å². The van der Waals surface area contributed by atoms with Gasteiger partial charge in [0.2, 0.25) is 0 Å². The summed E-state index contributed by atoms with van der Waals surface area (Å²) in [5, 5.41) is 0. The largest absolute Gasteiger partial charge is 0.307 e. The van der Waals surface area contributed by atoms with Crippen LogP contribution in [0.3, 0.4) is 0 Å². The van der Waals surface area contributed by atoms with Crippen molar-refractivity contribution in [3.63, 3.8) is 0 Å². The molecular formula is C15H20N2Si. The summed E-state index contributed by atoms with van der Waals surface area (Å²) >= 11 is 0. The summed E-state index contributed by atoms with van der Waals surface area (Å²) in [6.45, 7) is 8.91. The molecule has 0 atom stereocenters. The van der Waals surface area contributed by atoms with E-state index in [4.69, 9.17) is 0 Å². The first-order chi connectivity index (χ1) is 8.46. The second kappa shape index (κ2) is 4.99. The summed E-state index contributed by atoms with van der Waals surface area (Å²) in [6.07, 6.45) is 6.01. The number of aryl methyl sites for hydroxylation is 2. The van der Waals surface area contributed by atoms with Crippen molar-refractivity contribution in [3.8, 4) is 11.5 Å². The van der Waals surface area contributed by atoms with Crippen LogP contribution >= 0.6 is 0 Å². The summed E-state index contributed by atoms with van der Waals surface area (Å²) < 4.78 is 2.09. The molecular weight excluding hydrogens is 236 g/mol. The first kappa shape index (κ1) is 12.9. The SMILES string of the molecule is Cc1cccn2cc(CCC#C[Si](C)(C)C)nc12. The van der Waals surface area contributed by atoms with E-state index in [9.17, 15) is 0 Å². The zero-order valence-electron chi connectivity index (χ0n) is 11.6. The van der Waals surface area contributed by atoms with E-state index in [-0.39, 0.29) is 0 Å². The monoisotopic (exact) mass is 256 g/mol. The number of hydrogen-bond acceptors (Lipinski definition) is 1.